The summed E-state index contributed by atoms with van der Waals surface area (Å²) in [5, 5.41) is 10.6. The molecule has 3 heteroatoms. The molecule has 0 bridgehead atoms. The summed E-state index contributed by atoms with van der Waals surface area (Å²) in [6, 6.07) is 0. The fraction of sp³-hybridized carbons (Fsp3) is 0.667. The minimum absolute atomic E-state index is 0. The van der Waals surface area contributed by atoms with Gasteiger partial charge in [0.15, 0.2) is 0 Å². The Bertz CT molecular complexity index is 112. The van der Waals surface area contributed by atoms with Gasteiger partial charge < -0.3 is 9.84 Å². The van der Waals surface area contributed by atoms with E-state index in [9.17, 15) is 5.11 Å². The molecule has 1 atom stereocenters. The van der Waals surface area contributed by atoms with Crippen molar-refractivity contribution in [2.24, 2.45) is 0 Å². The standard InChI is InChI=1S/C6H10O2.Li/c1-8-6-4-2-3-5(6)7;/h3,6-7H,2,4H2,1H3;/q;+1/p-1. The number of ether oxygens (including phenoxy) is 1. The molecule has 46 valence electrons. The minimum Gasteiger partial charge on any atom is -0.874 e. The molecule has 2 nitrogen and oxygen atoms in total. The van der Waals surface area contributed by atoms with Crippen LogP contribution in [0.1, 0.15) is 12.8 Å². The first-order valence-electron chi connectivity index (χ1n) is 2.74. The van der Waals surface area contributed by atoms with Gasteiger partial charge in [0.1, 0.15) is 0 Å². The summed E-state index contributed by atoms with van der Waals surface area (Å²) in [5.74, 6) is 0.146. The Morgan fingerprint density at radius 3 is 2.67 bits per heavy atom. The van der Waals surface area contributed by atoms with Gasteiger partial charge in [0.25, 0.3) is 0 Å². The van der Waals surface area contributed by atoms with Gasteiger partial charge in [-0.3, -0.25) is 0 Å². The molecule has 0 spiro atoms. The monoisotopic (exact) mass is 120 g/mol. The summed E-state index contributed by atoms with van der Waals surface area (Å²) >= 11 is 0. The van der Waals surface area contributed by atoms with Gasteiger partial charge in [-0.25, -0.2) is 0 Å². The Balaban J connectivity index is 0.000000640. The molecule has 1 unspecified atom stereocenters. The van der Waals surface area contributed by atoms with E-state index in [-0.39, 0.29) is 30.7 Å². The second-order valence-electron chi connectivity index (χ2n) is 1.91. The average molecular weight is 120 g/mol. The minimum atomic E-state index is -0.130. The first-order valence-corrected chi connectivity index (χ1v) is 2.74. The maximum absolute atomic E-state index is 10.6. The zero-order valence-corrected chi connectivity index (χ0v) is 5.89. The predicted molar refractivity (Wildman–Crippen MR) is 28.1 cm³/mol. The number of allylic oxidation sites excluding steroid dienone is 1. The van der Waals surface area contributed by atoms with Crippen LogP contribution in [0.4, 0.5) is 0 Å². The molecule has 0 N–H and O–H groups in total. The fourth-order valence-electron chi connectivity index (χ4n) is 0.885. The van der Waals surface area contributed by atoms with E-state index in [1.165, 1.54) is 0 Å². The molecule has 0 aromatic carbocycles. The summed E-state index contributed by atoms with van der Waals surface area (Å²) in [7, 11) is 1.57. The van der Waals surface area contributed by atoms with E-state index in [4.69, 9.17) is 4.74 Å². The smallest absolute Gasteiger partial charge is 0.874 e. The molecule has 0 saturated carbocycles. The second-order valence-corrected chi connectivity index (χ2v) is 1.91. The Hall–Kier alpha value is 0.0974. The second kappa shape index (κ2) is 4.00. The molecule has 0 fully saturated rings. The molecule has 1 aliphatic rings. The largest absolute Gasteiger partial charge is 1.00 e. The molecule has 0 saturated heterocycles. The molecule has 0 heterocycles. The van der Waals surface area contributed by atoms with Crippen LogP contribution in [-0.2, 0) is 4.74 Å². The number of hydrogen-bond donors (Lipinski definition) is 0. The van der Waals surface area contributed by atoms with Crippen molar-refractivity contribution in [3.63, 3.8) is 0 Å². The third-order valence-electron chi connectivity index (χ3n) is 1.38. The van der Waals surface area contributed by atoms with E-state index < -0.39 is 0 Å². The van der Waals surface area contributed by atoms with E-state index in [1.807, 2.05) is 0 Å². The van der Waals surface area contributed by atoms with Gasteiger partial charge in [0, 0.05) is 7.11 Å². The third kappa shape index (κ3) is 2.06. The molecule has 0 aromatic rings. The Labute approximate surface area is 67.1 Å². The van der Waals surface area contributed by atoms with Crippen LogP contribution in [0.25, 0.3) is 0 Å². The fourth-order valence-corrected chi connectivity index (χ4v) is 0.885. The summed E-state index contributed by atoms with van der Waals surface area (Å²) in [5.41, 5.74) is 0. The van der Waals surface area contributed by atoms with Crippen molar-refractivity contribution in [3.05, 3.63) is 11.8 Å². The van der Waals surface area contributed by atoms with Crippen LogP contribution < -0.4 is 24.0 Å². The van der Waals surface area contributed by atoms with Gasteiger partial charge >= 0.3 is 18.9 Å². The maximum atomic E-state index is 10.6. The van der Waals surface area contributed by atoms with Gasteiger partial charge in [-0.1, -0.05) is 6.08 Å². The normalized spacial score (nSPS) is 25.0. The maximum Gasteiger partial charge on any atom is 1.00 e. The van der Waals surface area contributed by atoms with Crippen LogP contribution >= 0.6 is 0 Å². The van der Waals surface area contributed by atoms with Gasteiger partial charge in [-0.15, -0.1) is 5.76 Å². The average Bonchev–Trinajstić information content (AvgIpc) is 2.14. The first-order chi connectivity index (χ1) is 3.84. The van der Waals surface area contributed by atoms with Gasteiger partial charge in [-0.05, 0) is 12.8 Å². The molecular weight excluding hydrogens is 111 g/mol. The molecule has 0 amide bonds. The van der Waals surface area contributed by atoms with E-state index >= 15 is 0 Å². The number of hydrogen-bond acceptors (Lipinski definition) is 2. The SMILES string of the molecule is COC1CCC=C1[O-].[Li+]. The van der Waals surface area contributed by atoms with Gasteiger partial charge in [-0.2, -0.15) is 0 Å². The predicted octanol–water partition coefficient (Wildman–Crippen LogP) is -2.96. The Morgan fingerprint density at radius 2 is 2.44 bits per heavy atom. The van der Waals surface area contributed by atoms with Crippen molar-refractivity contribution < 1.29 is 28.7 Å². The summed E-state index contributed by atoms with van der Waals surface area (Å²) in [6.07, 6.45) is 3.32. The molecule has 0 aromatic heterocycles. The van der Waals surface area contributed by atoms with Gasteiger partial charge in [0.05, 0.1) is 6.10 Å². The van der Waals surface area contributed by atoms with Crippen LogP contribution in [0.5, 0.6) is 0 Å². The molecule has 0 radical (unpaired) electrons. The quantitative estimate of drug-likeness (QED) is 0.346. The molecule has 1 aliphatic carbocycles. The van der Waals surface area contributed by atoms with Crippen LogP contribution in [0, 0.1) is 0 Å². The van der Waals surface area contributed by atoms with Crippen LogP contribution in [0.3, 0.4) is 0 Å². The van der Waals surface area contributed by atoms with Crippen LogP contribution in [-0.4, -0.2) is 13.2 Å². The van der Waals surface area contributed by atoms with Crippen LogP contribution in [0.2, 0.25) is 0 Å². The van der Waals surface area contributed by atoms with Crippen molar-refractivity contribution in [3.8, 4) is 0 Å². The zero-order chi connectivity index (χ0) is 5.98. The molecule has 1 rings (SSSR count). The summed E-state index contributed by atoms with van der Waals surface area (Å²) < 4.78 is 4.84. The first kappa shape index (κ1) is 9.10. The summed E-state index contributed by atoms with van der Waals surface area (Å²) in [4.78, 5) is 0. The van der Waals surface area contributed by atoms with E-state index in [0.29, 0.717) is 0 Å². The van der Waals surface area contributed by atoms with Gasteiger partial charge in [0.2, 0.25) is 0 Å². The van der Waals surface area contributed by atoms with Crippen molar-refractivity contribution in [1.29, 1.82) is 0 Å². The van der Waals surface area contributed by atoms with Crippen molar-refractivity contribution >= 4 is 0 Å². The third-order valence-corrected chi connectivity index (χ3v) is 1.38. The van der Waals surface area contributed by atoms with Crippen molar-refractivity contribution in [2.75, 3.05) is 7.11 Å². The van der Waals surface area contributed by atoms with E-state index in [1.54, 1.807) is 13.2 Å². The summed E-state index contributed by atoms with van der Waals surface area (Å²) in [6.45, 7) is 0. The number of rotatable bonds is 1. The molecule has 0 aliphatic heterocycles. The van der Waals surface area contributed by atoms with Crippen molar-refractivity contribution in [2.45, 2.75) is 18.9 Å². The Kier molecular flexibility index (Phi) is 4.04. The topological polar surface area (TPSA) is 32.3 Å². The number of methoxy groups -OCH3 is 1. The van der Waals surface area contributed by atoms with Crippen LogP contribution in [0.15, 0.2) is 11.8 Å². The zero-order valence-electron chi connectivity index (χ0n) is 5.89. The van der Waals surface area contributed by atoms with E-state index in [0.717, 1.165) is 12.8 Å². The molecular formula is C6H9LiO2. The van der Waals surface area contributed by atoms with E-state index in [2.05, 4.69) is 0 Å². The molecule has 9 heavy (non-hydrogen) atoms. The van der Waals surface area contributed by atoms with Crippen molar-refractivity contribution in [1.82, 2.24) is 0 Å². The Morgan fingerprint density at radius 1 is 1.78 bits per heavy atom.